The van der Waals surface area contributed by atoms with Crippen LogP contribution in [-0.2, 0) is 22.6 Å². The predicted molar refractivity (Wildman–Crippen MR) is 106 cm³/mol. The Hall–Kier alpha value is -2.73. The van der Waals surface area contributed by atoms with Crippen LogP contribution in [0.15, 0.2) is 54.9 Å². The molecule has 6 heteroatoms. The standard InChI is InChI=1S/C22H26N4O2/c27-20(24-11-8-17-7-4-10-23-14-17)19-13-22(21(28)25-19)9-12-26(16-22)15-18-5-2-1-3-6-18/h1-7,10,14,19H,8-9,11-13,15-16H2,(H,24,27)(H,25,28)/t19-,22-/m0/s1. The summed E-state index contributed by atoms with van der Waals surface area (Å²) in [4.78, 5) is 31.6. The lowest BCUT2D eigenvalue weighted by Gasteiger charge is -2.21. The van der Waals surface area contributed by atoms with Gasteiger partial charge in [-0.05, 0) is 43.0 Å². The number of hydrogen-bond donors (Lipinski definition) is 2. The van der Waals surface area contributed by atoms with Crippen molar-refractivity contribution in [1.29, 1.82) is 0 Å². The second-order valence-electron chi connectivity index (χ2n) is 7.86. The van der Waals surface area contributed by atoms with Gasteiger partial charge in [0.2, 0.25) is 11.8 Å². The minimum absolute atomic E-state index is 0.0236. The lowest BCUT2D eigenvalue weighted by atomic mass is 9.84. The van der Waals surface area contributed by atoms with E-state index in [1.165, 1.54) is 5.56 Å². The third-order valence-corrected chi connectivity index (χ3v) is 5.82. The van der Waals surface area contributed by atoms with E-state index in [9.17, 15) is 9.59 Å². The Morgan fingerprint density at radius 3 is 2.82 bits per heavy atom. The fraction of sp³-hybridized carbons (Fsp3) is 0.409. The lowest BCUT2D eigenvalue weighted by molar-refractivity contribution is -0.128. The van der Waals surface area contributed by atoms with E-state index in [1.54, 1.807) is 12.4 Å². The summed E-state index contributed by atoms with van der Waals surface area (Å²) < 4.78 is 0. The largest absolute Gasteiger partial charge is 0.354 e. The van der Waals surface area contributed by atoms with Crippen molar-refractivity contribution in [3.8, 4) is 0 Å². The molecule has 2 saturated heterocycles. The van der Waals surface area contributed by atoms with E-state index in [1.807, 2.05) is 30.3 Å². The monoisotopic (exact) mass is 378 g/mol. The zero-order chi connectivity index (χ0) is 19.4. The number of amides is 2. The highest BCUT2D eigenvalue weighted by Crippen LogP contribution is 2.40. The highest BCUT2D eigenvalue weighted by Gasteiger charge is 2.52. The first kappa shape index (κ1) is 18.6. The highest BCUT2D eigenvalue weighted by molar-refractivity contribution is 5.94. The topological polar surface area (TPSA) is 74.3 Å². The number of nitrogens with one attached hydrogen (secondary N) is 2. The molecule has 28 heavy (non-hydrogen) atoms. The minimum atomic E-state index is -0.432. The first-order chi connectivity index (χ1) is 13.6. The smallest absolute Gasteiger partial charge is 0.242 e. The number of aromatic nitrogens is 1. The van der Waals surface area contributed by atoms with E-state index < -0.39 is 11.5 Å². The van der Waals surface area contributed by atoms with Crippen LogP contribution in [0.4, 0.5) is 0 Å². The van der Waals surface area contributed by atoms with Crippen LogP contribution in [0.2, 0.25) is 0 Å². The predicted octanol–water partition coefficient (Wildman–Crippen LogP) is 1.52. The van der Waals surface area contributed by atoms with Gasteiger partial charge in [-0.25, -0.2) is 0 Å². The molecule has 1 aromatic heterocycles. The molecule has 0 bridgehead atoms. The van der Waals surface area contributed by atoms with Gasteiger partial charge in [0.15, 0.2) is 0 Å². The molecular formula is C22H26N4O2. The molecule has 2 aliphatic rings. The Morgan fingerprint density at radius 1 is 1.21 bits per heavy atom. The molecule has 2 amide bonds. The Morgan fingerprint density at radius 2 is 2.04 bits per heavy atom. The van der Waals surface area contributed by atoms with Crippen LogP contribution in [0, 0.1) is 5.41 Å². The summed E-state index contributed by atoms with van der Waals surface area (Å²) in [5, 5.41) is 5.89. The maximum absolute atomic E-state index is 12.7. The molecule has 146 valence electrons. The first-order valence-corrected chi connectivity index (χ1v) is 9.88. The van der Waals surface area contributed by atoms with E-state index in [4.69, 9.17) is 0 Å². The van der Waals surface area contributed by atoms with Crippen LogP contribution in [0.1, 0.15) is 24.0 Å². The number of rotatable bonds is 6. The molecule has 2 N–H and O–H groups in total. The van der Waals surface area contributed by atoms with Gasteiger partial charge in [0.05, 0.1) is 5.41 Å². The number of benzene rings is 1. The van der Waals surface area contributed by atoms with Crippen molar-refractivity contribution in [1.82, 2.24) is 20.5 Å². The third-order valence-electron chi connectivity index (χ3n) is 5.82. The SMILES string of the molecule is O=C(NCCc1cccnc1)[C@@H]1C[C@]2(CCN(Cc3ccccc3)C2)C(=O)N1. The summed E-state index contributed by atoms with van der Waals surface area (Å²) in [6, 6.07) is 13.8. The molecule has 0 saturated carbocycles. The van der Waals surface area contributed by atoms with Crippen LogP contribution in [0.3, 0.4) is 0 Å². The summed E-state index contributed by atoms with van der Waals surface area (Å²) in [5.41, 5.74) is 1.91. The van der Waals surface area contributed by atoms with Gasteiger partial charge in [-0.2, -0.15) is 0 Å². The van der Waals surface area contributed by atoms with Gasteiger partial charge in [0.1, 0.15) is 6.04 Å². The maximum Gasteiger partial charge on any atom is 0.242 e. The van der Waals surface area contributed by atoms with Gasteiger partial charge in [-0.3, -0.25) is 19.5 Å². The molecule has 0 unspecified atom stereocenters. The number of nitrogens with zero attached hydrogens (tertiary/aromatic N) is 2. The normalized spacial score (nSPS) is 24.4. The third kappa shape index (κ3) is 4.07. The Kier molecular flexibility index (Phi) is 5.39. The van der Waals surface area contributed by atoms with Gasteiger partial charge >= 0.3 is 0 Å². The zero-order valence-corrected chi connectivity index (χ0v) is 15.9. The van der Waals surface area contributed by atoms with E-state index in [0.29, 0.717) is 19.5 Å². The van der Waals surface area contributed by atoms with Crippen LogP contribution >= 0.6 is 0 Å². The fourth-order valence-electron chi connectivity index (χ4n) is 4.29. The van der Waals surface area contributed by atoms with E-state index in [0.717, 1.165) is 31.5 Å². The lowest BCUT2D eigenvalue weighted by Crippen LogP contribution is -2.42. The van der Waals surface area contributed by atoms with Crippen molar-refractivity contribution in [2.45, 2.75) is 31.8 Å². The Labute approximate surface area is 165 Å². The fourth-order valence-corrected chi connectivity index (χ4v) is 4.29. The number of likely N-dealkylation sites (tertiary alicyclic amines) is 1. The molecule has 3 heterocycles. The van der Waals surface area contributed by atoms with Gasteiger partial charge in [0.25, 0.3) is 0 Å². The van der Waals surface area contributed by atoms with Crippen molar-refractivity contribution in [3.63, 3.8) is 0 Å². The van der Waals surface area contributed by atoms with Gasteiger partial charge in [0, 0.05) is 32.0 Å². The number of hydrogen-bond acceptors (Lipinski definition) is 4. The molecule has 2 aliphatic heterocycles. The van der Waals surface area contributed by atoms with Gasteiger partial charge in [-0.15, -0.1) is 0 Å². The molecule has 0 radical (unpaired) electrons. The first-order valence-electron chi connectivity index (χ1n) is 9.88. The summed E-state index contributed by atoms with van der Waals surface area (Å²) in [6.45, 7) is 2.99. The van der Waals surface area contributed by atoms with E-state index in [-0.39, 0.29) is 11.8 Å². The molecular weight excluding hydrogens is 352 g/mol. The zero-order valence-electron chi connectivity index (χ0n) is 15.9. The second-order valence-corrected chi connectivity index (χ2v) is 7.86. The summed E-state index contributed by atoms with van der Waals surface area (Å²) in [6.07, 6.45) is 5.66. The Bertz CT molecular complexity index is 827. The molecule has 1 aromatic carbocycles. The van der Waals surface area contributed by atoms with E-state index in [2.05, 4.69) is 32.7 Å². The van der Waals surface area contributed by atoms with Crippen molar-refractivity contribution in [2.24, 2.45) is 5.41 Å². The summed E-state index contributed by atoms with van der Waals surface area (Å²) >= 11 is 0. The van der Waals surface area contributed by atoms with E-state index >= 15 is 0 Å². The average Bonchev–Trinajstić information content (AvgIpc) is 3.27. The van der Waals surface area contributed by atoms with Crippen LogP contribution < -0.4 is 10.6 Å². The van der Waals surface area contributed by atoms with Crippen molar-refractivity contribution < 1.29 is 9.59 Å². The molecule has 2 fully saturated rings. The molecule has 6 nitrogen and oxygen atoms in total. The summed E-state index contributed by atoms with van der Waals surface area (Å²) in [7, 11) is 0. The Balaban J connectivity index is 1.29. The average molecular weight is 378 g/mol. The van der Waals surface area contributed by atoms with Crippen LogP contribution in [0.25, 0.3) is 0 Å². The van der Waals surface area contributed by atoms with Gasteiger partial charge < -0.3 is 10.6 Å². The minimum Gasteiger partial charge on any atom is -0.354 e. The molecule has 4 rings (SSSR count). The molecule has 1 spiro atoms. The quantitative estimate of drug-likeness (QED) is 0.799. The van der Waals surface area contributed by atoms with Crippen LogP contribution in [-0.4, -0.2) is 47.4 Å². The number of pyridine rings is 1. The number of carbonyl (C=O) groups excluding carboxylic acids is 2. The van der Waals surface area contributed by atoms with Crippen molar-refractivity contribution in [2.75, 3.05) is 19.6 Å². The number of carbonyl (C=O) groups is 2. The molecule has 0 aliphatic carbocycles. The highest BCUT2D eigenvalue weighted by atomic mass is 16.2. The van der Waals surface area contributed by atoms with Gasteiger partial charge in [-0.1, -0.05) is 36.4 Å². The molecule has 2 atom stereocenters. The van der Waals surface area contributed by atoms with Crippen molar-refractivity contribution in [3.05, 3.63) is 66.0 Å². The molecule has 2 aromatic rings. The van der Waals surface area contributed by atoms with Crippen molar-refractivity contribution >= 4 is 11.8 Å². The maximum atomic E-state index is 12.7. The second kappa shape index (κ2) is 8.10. The summed E-state index contributed by atoms with van der Waals surface area (Å²) in [5.74, 6) is -0.0638. The van der Waals surface area contributed by atoms with Crippen LogP contribution in [0.5, 0.6) is 0 Å².